The van der Waals surface area contributed by atoms with Crippen LogP contribution in [0.4, 0.5) is 0 Å². The van der Waals surface area contributed by atoms with E-state index in [0.717, 1.165) is 63.8 Å². The van der Waals surface area contributed by atoms with Crippen molar-refractivity contribution in [1.82, 2.24) is 25.7 Å². The highest BCUT2D eigenvalue weighted by molar-refractivity contribution is 5.80. The van der Waals surface area contributed by atoms with Crippen molar-refractivity contribution < 1.29 is 4.52 Å². The van der Waals surface area contributed by atoms with Gasteiger partial charge in [0.2, 0.25) is 5.89 Å². The van der Waals surface area contributed by atoms with Crippen LogP contribution < -0.4 is 10.6 Å². The van der Waals surface area contributed by atoms with Gasteiger partial charge in [-0.05, 0) is 52.7 Å². The van der Waals surface area contributed by atoms with Gasteiger partial charge in [-0.15, -0.1) is 0 Å². The lowest BCUT2D eigenvalue weighted by Gasteiger charge is -2.21. The molecule has 0 amide bonds. The van der Waals surface area contributed by atoms with E-state index in [-0.39, 0.29) is 0 Å². The van der Waals surface area contributed by atoms with Crippen LogP contribution in [0.1, 0.15) is 78.4 Å². The first-order valence-corrected chi connectivity index (χ1v) is 10.6. The van der Waals surface area contributed by atoms with Crippen molar-refractivity contribution in [1.29, 1.82) is 0 Å². The van der Waals surface area contributed by atoms with E-state index in [1.54, 1.807) is 0 Å². The first kappa shape index (κ1) is 23.4. The van der Waals surface area contributed by atoms with Crippen molar-refractivity contribution in [3.63, 3.8) is 0 Å². The Morgan fingerprint density at radius 1 is 1.15 bits per heavy atom. The third-order valence-corrected chi connectivity index (χ3v) is 4.55. The van der Waals surface area contributed by atoms with Crippen LogP contribution in [-0.4, -0.2) is 59.8 Å². The lowest BCUT2D eigenvalue weighted by molar-refractivity contribution is 0.292. The van der Waals surface area contributed by atoms with Gasteiger partial charge in [-0.3, -0.25) is 4.99 Å². The van der Waals surface area contributed by atoms with E-state index in [2.05, 4.69) is 72.2 Å². The molecule has 1 unspecified atom stereocenters. The SMILES string of the molecule is CCNC(=NCCCc1nc(C(C)C)no1)NC(C)CCCN(CC)CC. The molecule has 0 spiro atoms. The minimum atomic E-state index is 0.299. The minimum Gasteiger partial charge on any atom is -0.357 e. The van der Waals surface area contributed by atoms with Crippen LogP contribution in [0.25, 0.3) is 0 Å². The zero-order chi connectivity index (χ0) is 20.1. The summed E-state index contributed by atoms with van der Waals surface area (Å²) in [6.45, 7) is 17.9. The Labute approximate surface area is 165 Å². The van der Waals surface area contributed by atoms with Gasteiger partial charge in [0, 0.05) is 31.5 Å². The topological polar surface area (TPSA) is 78.6 Å². The maximum atomic E-state index is 5.28. The number of aromatic nitrogens is 2. The molecule has 0 bridgehead atoms. The summed E-state index contributed by atoms with van der Waals surface area (Å²) >= 11 is 0. The van der Waals surface area contributed by atoms with E-state index in [1.807, 2.05) is 0 Å². The molecule has 0 saturated carbocycles. The summed E-state index contributed by atoms with van der Waals surface area (Å²) in [7, 11) is 0. The van der Waals surface area contributed by atoms with Crippen molar-refractivity contribution >= 4 is 5.96 Å². The average molecular weight is 381 g/mol. The molecule has 0 aromatic carbocycles. The van der Waals surface area contributed by atoms with Crippen LogP contribution in [0.15, 0.2) is 9.52 Å². The quantitative estimate of drug-likeness (QED) is 0.311. The lowest BCUT2D eigenvalue weighted by atomic mass is 10.2. The van der Waals surface area contributed by atoms with E-state index >= 15 is 0 Å². The van der Waals surface area contributed by atoms with Crippen molar-refractivity contribution in [3.05, 3.63) is 11.7 Å². The molecule has 0 saturated heterocycles. The van der Waals surface area contributed by atoms with E-state index in [1.165, 1.54) is 6.42 Å². The second-order valence-electron chi connectivity index (χ2n) is 7.28. The van der Waals surface area contributed by atoms with Crippen molar-refractivity contribution in [2.24, 2.45) is 4.99 Å². The molecule has 156 valence electrons. The molecule has 0 fully saturated rings. The maximum Gasteiger partial charge on any atom is 0.226 e. The molecule has 0 radical (unpaired) electrons. The second kappa shape index (κ2) is 13.5. The fourth-order valence-electron chi connectivity index (χ4n) is 2.81. The number of nitrogens with zero attached hydrogens (tertiary/aromatic N) is 4. The van der Waals surface area contributed by atoms with Crippen molar-refractivity contribution in [2.75, 3.05) is 32.7 Å². The first-order chi connectivity index (χ1) is 13.0. The molecule has 27 heavy (non-hydrogen) atoms. The Balaban J connectivity index is 2.35. The summed E-state index contributed by atoms with van der Waals surface area (Å²) in [5.74, 6) is 2.67. The largest absolute Gasteiger partial charge is 0.357 e. The molecular weight excluding hydrogens is 340 g/mol. The molecule has 0 aliphatic carbocycles. The average Bonchev–Trinajstić information content (AvgIpc) is 3.12. The first-order valence-electron chi connectivity index (χ1n) is 10.6. The summed E-state index contributed by atoms with van der Waals surface area (Å²) in [5, 5.41) is 10.8. The van der Waals surface area contributed by atoms with Gasteiger partial charge in [0.15, 0.2) is 11.8 Å². The molecular formula is C20H40N6O. The third kappa shape index (κ3) is 9.75. The zero-order valence-corrected chi connectivity index (χ0v) is 18.2. The van der Waals surface area contributed by atoms with E-state index in [0.29, 0.717) is 17.9 Å². The highest BCUT2D eigenvalue weighted by atomic mass is 16.5. The minimum absolute atomic E-state index is 0.299. The molecule has 1 rings (SSSR count). The zero-order valence-electron chi connectivity index (χ0n) is 18.2. The van der Waals surface area contributed by atoms with Gasteiger partial charge in [-0.1, -0.05) is 32.9 Å². The van der Waals surface area contributed by atoms with Gasteiger partial charge < -0.3 is 20.1 Å². The highest BCUT2D eigenvalue weighted by Crippen LogP contribution is 2.10. The van der Waals surface area contributed by atoms with Crippen LogP contribution in [-0.2, 0) is 6.42 Å². The Kier molecular flexibility index (Phi) is 11.7. The predicted molar refractivity (Wildman–Crippen MR) is 112 cm³/mol. The highest BCUT2D eigenvalue weighted by Gasteiger charge is 2.09. The summed E-state index contributed by atoms with van der Waals surface area (Å²) < 4.78 is 5.28. The molecule has 0 aliphatic rings. The number of nitrogens with one attached hydrogen (secondary N) is 2. The summed E-state index contributed by atoms with van der Waals surface area (Å²) in [5.41, 5.74) is 0. The predicted octanol–water partition coefficient (Wildman–Crippen LogP) is 3.19. The van der Waals surface area contributed by atoms with Crippen LogP contribution in [0.5, 0.6) is 0 Å². The van der Waals surface area contributed by atoms with E-state index in [4.69, 9.17) is 4.52 Å². The molecule has 2 N–H and O–H groups in total. The summed E-state index contributed by atoms with van der Waals surface area (Å²) in [4.78, 5) is 11.6. The number of hydrogen-bond donors (Lipinski definition) is 2. The van der Waals surface area contributed by atoms with Crippen LogP contribution in [0.2, 0.25) is 0 Å². The van der Waals surface area contributed by atoms with E-state index in [9.17, 15) is 0 Å². The van der Waals surface area contributed by atoms with Gasteiger partial charge in [-0.2, -0.15) is 4.98 Å². The number of aliphatic imine (C=N–C) groups is 1. The van der Waals surface area contributed by atoms with Gasteiger partial charge in [0.05, 0.1) is 0 Å². The third-order valence-electron chi connectivity index (χ3n) is 4.55. The van der Waals surface area contributed by atoms with Crippen molar-refractivity contribution in [2.45, 2.75) is 79.2 Å². The van der Waals surface area contributed by atoms with E-state index < -0.39 is 0 Å². The monoisotopic (exact) mass is 380 g/mol. The number of hydrogen-bond acceptors (Lipinski definition) is 5. The molecule has 1 heterocycles. The van der Waals surface area contributed by atoms with Gasteiger partial charge in [0.25, 0.3) is 0 Å². The summed E-state index contributed by atoms with van der Waals surface area (Å²) in [6.07, 6.45) is 4.00. The van der Waals surface area contributed by atoms with Gasteiger partial charge >= 0.3 is 0 Å². The Morgan fingerprint density at radius 2 is 1.89 bits per heavy atom. The van der Waals surface area contributed by atoms with Gasteiger partial charge in [-0.25, -0.2) is 0 Å². The van der Waals surface area contributed by atoms with Gasteiger partial charge in [0.1, 0.15) is 0 Å². The molecule has 1 atom stereocenters. The Morgan fingerprint density at radius 3 is 2.48 bits per heavy atom. The lowest BCUT2D eigenvalue weighted by Crippen LogP contribution is -2.42. The van der Waals surface area contributed by atoms with Crippen LogP contribution in [0, 0.1) is 0 Å². The normalized spacial score (nSPS) is 13.4. The molecule has 7 heteroatoms. The number of aryl methyl sites for hydroxylation is 1. The Hall–Kier alpha value is -1.63. The number of rotatable bonds is 13. The smallest absolute Gasteiger partial charge is 0.226 e. The second-order valence-corrected chi connectivity index (χ2v) is 7.28. The fourth-order valence-corrected chi connectivity index (χ4v) is 2.81. The molecule has 7 nitrogen and oxygen atoms in total. The molecule has 1 aromatic rings. The standard InChI is InChI=1S/C20H40N6O/c1-7-21-20(23-17(6)12-11-15-26(8-2)9-3)22-14-10-13-18-24-19(16(4)5)25-27-18/h16-17H,7-15H2,1-6H3,(H2,21,22,23). The number of guanidine groups is 1. The summed E-state index contributed by atoms with van der Waals surface area (Å²) in [6, 6.07) is 0.405. The fraction of sp³-hybridized carbons (Fsp3) is 0.850. The van der Waals surface area contributed by atoms with Crippen molar-refractivity contribution in [3.8, 4) is 0 Å². The Bertz CT molecular complexity index is 524. The maximum absolute atomic E-state index is 5.28. The van der Waals surface area contributed by atoms with Crippen LogP contribution in [0.3, 0.4) is 0 Å². The molecule has 1 aromatic heterocycles. The van der Waals surface area contributed by atoms with Crippen LogP contribution >= 0.6 is 0 Å². The molecule has 0 aliphatic heterocycles.